The van der Waals surface area contributed by atoms with Crippen LogP contribution in [0.25, 0.3) is 0 Å². The van der Waals surface area contributed by atoms with Gasteiger partial charge in [0.25, 0.3) is 0 Å². The predicted octanol–water partition coefficient (Wildman–Crippen LogP) is 0.394. The minimum absolute atomic E-state index is 0.292. The first-order valence-electron chi connectivity index (χ1n) is 5.47. The number of hydrazine groups is 1. The second-order valence-corrected chi connectivity index (χ2v) is 4.51. The molecule has 0 saturated carbocycles. The Hall–Kier alpha value is -1.60. The van der Waals surface area contributed by atoms with Gasteiger partial charge in [-0.2, -0.15) is 4.68 Å². The summed E-state index contributed by atoms with van der Waals surface area (Å²) in [6.07, 6.45) is -0.524. The second-order valence-electron chi connectivity index (χ2n) is 4.51. The molecule has 0 bridgehead atoms. The van der Waals surface area contributed by atoms with E-state index in [4.69, 9.17) is 16.3 Å². The zero-order valence-electron chi connectivity index (χ0n) is 10.2. The minimum atomic E-state index is -0.524. The van der Waals surface area contributed by atoms with Crippen LogP contribution in [0.1, 0.15) is 32.0 Å². The molecule has 0 amide bonds. The summed E-state index contributed by atoms with van der Waals surface area (Å²) in [6, 6.07) is 0. The fourth-order valence-electron chi connectivity index (χ4n) is 2.07. The summed E-state index contributed by atoms with van der Waals surface area (Å²) in [4.78, 5) is 11.8. The molecule has 0 atom stereocenters. The van der Waals surface area contributed by atoms with Gasteiger partial charge in [-0.15, -0.1) is 5.10 Å². The smallest absolute Gasteiger partial charge is 0.435 e. The summed E-state index contributed by atoms with van der Waals surface area (Å²) in [5.74, 6) is 6.23. The monoisotopic (exact) mass is 239 g/mol. The van der Waals surface area contributed by atoms with Crippen molar-refractivity contribution in [3.63, 3.8) is 0 Å². The van der Waals surface area contributed by atoms with Crippen molar-refractivity contribution in [2.45, 2.75) is 32.9 Å². The number of rotatable bonds is 1. The van der Waals surface area contributed by atoms with Crippen molar-refractivity contribution < 1.29 is 9.53 Å². The molecule has 0 fully saturated rings. The first kappa shape index (κ1) is 11.9. The first-order chi connectivity index (χ1) is 7.89. The number of anilines is 1. The van der Waals surface area contributed by atoms with E-state index in [1.54, 1.807) is 11.9 Å². The Morgan fingerprint density at radius 3 is 2.82 bits per heavy atom. The summed E-state index contributed by atoms with van der Waals surface area (Å²) in [5, 5.41) is 5.65. The maximum absolute atomic E-state index is 11.8. The zero-order valence-corrected chi connectivity index (χ0v) is 10.2. The van der Waals surface area contributed by atoms with E-state index in [-0.39, 0.29) is 0 Å². The molecular weight excluding hydrogens is 222 g/mol. The third-order valence-corrected chi connectivity index (χ3v) is 3.08. The Balaban J connectivity index is 2.52. The summed E-state index contributed by atoms with van der Waals surface area (Å²) >= 11 is 0. The molecule has 1 aliphatic rings. The van der Waals surface area contributed by atoms with Crippen molar-refractivity contribution in [3.05, 3.63) is 11.3 Å². The van der Waals surface area contributed by atoms with Gasteiger partial charge in [-0.25, -0.2) is 9.80 Å². The van der Waals surface area contributed by atoms with E-state index in [0.29, 0.717) is 24.7 Å². The molecule has 1 aliphatic heterocycles. The van der Waals surface area contributed by atoms with E-state index in [1.165, 1.54) is 4.68 Å². The molecule has 17 heavy (non-hydrogen) atoms. The highest BCUT2D eigenvalue weighted by Gasteiger charge is 2.42. The summed E-state index contributed by atoms with van der Waals surface area (Å²) < 4.78 is 6.15. The number of hydrogen-bond acceptors (Lipinski definition) is 6. The van der Waals surface area contributed by atoms with Crippen LogP contribution in [0.5, 0.6) is 0 Å². The van der Waals surface area contributed by atoms with Gasteiger partial charge in [0.05, 0.1) is 17.8 Å². The van der Waals surface area contributed by atoms with E-state index in [2.05, 4.69) is 5.10 Å². The van der Waals surface area contributed by atoms with Crippen molar-refractivity contribution >= 4 is 11.9 Å². The third kappa shape index (κ3) is 1.58. The van der Waals surface area contributed by atoms with Crippen LogP contribution in [0.3, 0.4) is 0 Å². The lowest BCUT2D eigenvalue weighted by molar-refractivity contribution is 0.121. The van der Waals surface area contributed by atoms with Gasteiger partial charge in [0.15, 0.2) is 5.82 Å². The number of aromatic nitrogens is 2. The van der Waals surface area contributed by atoms with E-state index < -0.39 is 11.6 Å². The lowest BCUT2D eigenvalue weighted by Crippen LogP contribution is -2.42. The van der Waals surface area contributed by atoms with E-state index >= 15 is 0 Å². The van der Waals surface area contributed by atoms with Gasteiger partial charge in [0.1, 0.15) is 0 Å². The van der Waals surface area contributed by atoms with Crippen LogP contribution >= 0.6 is 0 Å². The standard InChI is InChI=1S/C10H17N5O2/c1-4-17-9(16)15-7-6(8(11)13-15)5-14(12)10(7,2)3/h4-5,12H2,1-3H3,(H2,11,13). The van der Waals surface area contributed by atoms with E-state index in [1.807, 2.05) is 13.8 Å². The highest BCUT2D eigenvalue weighted by Crippen LogP contribution is 2.38. The number of fused-ring (bicyclic) bond motifs is 1. The van der Waals surface area contributed by atoms with Gasteiger partial charge >= 0.3 is 6.09 Å². The van der Waals surface area contributed by atoms with Gasteiger partial charge in [-0.1, -0.05) is 0 Å². The average Bonchev–Trinajstić information content (AvgIpc) is 2.67. The van der Waals surface area contributed by atoms with Crippen LogP contribution < -0.4 is 11.6 Å². The van der Waals surface area contributed by atoms with Gasteiger partial charge in [0.2, 0.25) is 0 Å². The molecule has 0 radical (unpaired) electrons. The molecule has 0 unspecified atom stereocenters. The Morgan fingerprint density at radius 1 is 1.59 bits per heavy atom. The van der Waals surface area contributed by atoms with Gasteiger partial charge in [-0.05, 0) is 20.8 Å². The van der Waals surface area contributed by atoms with Crippen molar-refractivity contribution in [2.75, 3.05) is 12.3 Å². The number of hydrogen-bond donors (Lipinski definition) is 2. The highest BCUT2D eigenvalue weighted by molar-refractivity contribution is 5.73. The van der Waals surface area contributed by atoms with Crippen LogP contribution in [0.4, 0.5) is 10.6 Å². The molecule has 2 heterocycles. The zero-order chi connectivity index (χ0) is 12.8. The molecule has 7 nitrogen and oxygen atoms in total. The Bertz CT molecular complexity index is 466. The quantitative estimate of drug-likeness (QED) is 0.688. The van der Waals surface area contributed by atoms with Crippen LogP contribution in [0, 0.1) is 0 Å². The SMILES string of the molecule is CCOC(=O)n1nc(N)c2c1C(C)(C)N(N)C2. The van der Waals surface area contributed by atoms with Crippen molar-refractivity contribution in [3.8, 4) is 0 Å². The van der Waals surface area contributed by atoms with Crippen molar-refractivity contribution in [1.29, 1.82) is 0 Å². The third-order valence-electron chi connectivity index (χ3n) is 3.08. The Morgan fingerprint density at radius 2 is 2.24 bits per heavy atom. The molecule has 94 valence electrons. The number of ether oxygens (including phenoxy) is 1. The number of nitrogens with zero attached hydrogens (tertiary/aromatic N) is 3. The molecule has 0 aliphatic carbocycles. The molecular formula is C10H17N5O2. The van der Waals surface area contributed by atoms with Crippen LogP contribution in [-0.4, -0.2) is 27.5 Å². The summed E-state index contributed by atoms with van der Waals surface area (Å²) in [6.45, 7) is 6.34. The topological polar surface area (TPSA) is 99.4 Å². The lowest BCUT2D eigenvalue weighted by atomic mass is 10.0. The van der Waals surface area contributed by atoms with Crippen LogP contribution in [0.15, 0.2) is 0 Å². The predicted molar refractivity (Wildman–Crippen MR) is 61.8 cm³/mol. The minimum Gasteiger partial charge on any atom is -0.448 e. The van der Waals surface area contributed by atoms with E-state index in [9.17, 15) is 4.79 Å². The molecule has 0 saturated heterocycles. The number of nitrogen functional groups attached to an aromatic ring is 1. The van der Waals surface area contributed by atoms with Gasteiger partial charge < -0.3 is 10.5 Å². The lowest BCUT2D eigenvalue weighted by Gasteiger charge is -2.28. The van der Waals surface area contributed by atoms with Crippen LogP contribution in [-0.2, 0) is 16.8 Å². The average molecular weight is 239 g/mol. The van der Waals surface area contributed by atoms with Crippen molar-refractivity contribution in [2.24, 2.45) is 5.84 Å². The largest absolute Gasteiger partial charge is 0.448 e. The fraction of sp³-hybridized carbons (Fsp3) is 0.600. The first-order valence-corrected chi connectivity index (χ1v) is 5.47. The highest BCUT2D eigenvalue weighted by atomic mass is 16.6. The number of carbonyl (C=O) groups is 1. The Labute approximate surface area is 99.3 Å². The van der Waals surface area contributed by atoms with Gasteiger partial charge in [-0.3, -0.25) is 5.84 Å². The molecule has 0 spiro atoms. The van der Waals surface area contributed by atoms with Gasteiger partial charge in [0, 0.05) is 12.1 Å². The maximum Gasteiger partial charge on any atom is 0.435 e. The molecule has 1 aromatic heterocycles. The number of carbonyl (C=O) groups excluding carboxylic acids is 1. The second kappa shape index (κ2) is 3.71. The summed E-state index contributed by atoms with van der Waals surface area (Å²) in [7, 11) is 0. The molecule has 2 rings (SSSR count). The van der Waals surface area contributed by atoms with E-state index in [0.717, 1.165) is 5.56 Å². The maximum atomic E-state index is 11.8. The molecule has 1 aromatic rings. The molecule has 7 heteroatoms. The molecule has 0 aromatic carbocycles. The normalized spacial score (nSPS) is 18.1. The molecule has 4 N–H and O–H groups in total. The Kier molecular flexibility index (Phi) is 2.59. The van der Waals surface area contributed by atoms with Crippen molar-refractivity contribution in [1.82, 2.24) is 14.8 Å². The van der Waals surface area contributed by atoms with Crippen LogP contribution in [0.2, 0.25) is 0 Å². The fourth-order valence-corrected chi connectivity index (χ4v) is 2.07. The number of nitrogens with two attached hydrogens (primary N) is 2. The summed E-state index contributed by atoms with van der Waals surface area (Å²) in [5.41, 5.74) is 6.80.